The second-order valence-electron chi connectivity index (χ2n) is 4.16. The molecule has 0 fully saturated rings. The van der Waals surface area contributed by atoms with E-state index < -0.39 is 17.5 Å². The Morgan fingerprint density at radius 1 is 1.20 bits per heavy atom. The van der Waals surface area contributed by atoms with Gasteiger partial charge in [0.2, 0.25) is 5.91 Å². The van der Waals surface area contributed by atoms with Crippen LogP contribution >= 0.6 is 0 Å². The van der Waals surface area contributed by atoms with Gasteiger partial charge >= 0.3 is 0 Å². The summed E-state index contributed by atoms with van der Waals surface area (Å²) in [4.78, 5) is 11.6. The zero-order chi connectivity index (χ0) is 14.5. The average molecular weight is 272 g/mol. The Morgan fingerprint density at radius 3 is 2.55 bits per heavy atom. The fourth-order valence-corrected chi connectivity index (χ4v) is 1.55. The molecular formula is C15H13FN2O2. The van der Waals surface area contributed by atoms with Gasteiger partial charge in [0.15, 0.2) is 11.6 Å². The third-order valence-electron chi connectivity index (χ3n) is 2.58. The first-order chi connectivity index (χ1) is 9.54. The maximum atomic E-state index is 13.1. The lowest BCUT2D eigenvalue weighted by Gasteiger charge is -2.03. The van der Waals surface area contributed by atoms with Gasteiger partial charge in [0.25, 0.3) is 0 Å². The maximum absolute atomic E-state index is 13.1. The molecule has 0 saturated carbocycles. The number of benzene rings is 2. The molecule has 0 aromatic heterocycles. The smallest absolute Gasteiger partial charge is 0.248 e. The van der Waals surface area contributed by atoms with Crippen LogP contribution < -0.4 is 11.1 Å². The molecule has 0 heterocycles. The molecule has 0 aliphatic rings. The van der Waals surface area contributed by atoms with Crippen molar-refractivity contribution in [3.05, 3.63) is 59.9 Å². The van der Waals surface area contributed by atoms with Gasteiger partial charge in [-0.2, -0.15) is 0 Å². The van der Waals surface area contributed by atoms with Gasteiger partial charge in [0.1, 0.15) is 0 Å². The largest absolute Gasteiger partial charge is 0.505 e. The Hall–Kier alpha value is -2.82. The van der Waals surface area contributed by atoms with Crippen LogP contribution in [-0.4, -0.2) is 11.0 Å². The Bertz CT molecular complexity index is 651. The van der Waals surface area contributed by atoms with Crippen LogP contribution in [0.5, 0.6) is 5.75 Å². The molecule has 2 aromatic rings. The molecule has 2 rings (SSSR count). The molecular weight excluding hydrogens is 259 g/mol. The van der Waals surface area contributed by atoms with E-state index in [1.165, 1.54) is 18.2 Å². The van der Waals surface area contributed by atoms with Crippen molar-refractivity contribution in [2.45, 2.75) is 0 Å². The normalized spacial score (nSPS) is 10.7. The summed E-state index contributed by atoms with van der Waals surface area (Å²) in [6.45, 7) is 0. The number of halogens is 1. The molecule has 0 radical (unpaired) electrons. The quantitative estimate of drug-likeness (QED) is 0.457. The summed E-state index contributed by atoms with van der Waals surface area (Å²) in [6.07, 6.45) is 2.95. The Labute approximate surface area is 115 Å². The van der Waals surface area contributed by atoms with Crippen LogP contribution in [0.2, 0.25) is 0 Å². The van der Waals surface area contributed by atoms with Crippen LogP contribution in [0, 0.1) is 5.82 Å². The first-order valence-electron chi connectivity index (χ1n) is 5.88. The van der Waals surface area contributed by atoms with E-state index in [0.717, 1.165) is 11.6 Å². The number of anilines is 2. The van der Waals surface area contributed by atoms with Gasteiger partial charge in [0, 0.05) is 23.5 Å². The number of phenolic OH excluding ortho intramolecular Hbond substituents is 1. The number of hydrogen-bond acceptors (Lipinski definition) is 3. The molecule has 2 aromatic carbocycles. The SMILES string of the molecule is Nc1ccc(/C=C/C(=O)Nc2ccc(O)c(F)c2)cc1. The van der Waals surface area contributed by atoms with Crippen molar-refractivity contribution < 1.29 is 14.3 Å². The highest BCUT2D eigenvalue weighted by atomic mass is 19.1. The minimum Gasteiger partial charge on any atom is -0.505 e. The van der Waals surface area contributed by atoms with Gasteiger partial charge in [-0.3, -0.25) is 4.79 Å². The van der Waals surface area contributed by atoms with E-state index in [2.05, 4.69) is 5.32 Å². The van der Waals surface area contributed by atoms with E-state index in [4.69, 9.17) is 10.8 Å². The van der Waals surface area contributed by atoms with Crippen LogP contribution in [0.4, 0.5) is 15.8 Å². The molecule has 0 aliphatic carbocycles. The summed E-state index contributed by atoms with van der Waals surface area (Å²) < 4.78 is 13.1. The molecule has 4 nitrogen and oxygen atoms in total. The lowest BCUT2D eigenvalue weighted by Crippen LogP contribution is -2.07. The van der Waals surface area contributed by atoms with Crippen molar-refractivity contribution in [1.82, 2.24) is 0 Å². The van der Waals surface area contributed by atoms with Gasteiger partial charge in [-0.15, -0.1) is 0 Å². The summed E-state index contributed by atoms with van der Waals surface area (Å²) in [6, 6.07) is 10.6. The van der Waals surface area contributed by atoms with Gasteiger partial charge in [-0.05, 0) is 35.9 Å². The molecule has 0 saturated heterocycles. The number of hydrogen-bond donors (Lipinski definition) is 3. The lowest BCUT2D eigenvalue weighted by atomic mass is 10.2. The van der Waals surface area contributed by atoms with Crippen LogP contribution in [0.15, 0.2) is 48.5 Å². The molecule has 0 unspecified atom stereocenters. The van der Waals surface area contributed by atoms with Crippen LogP contribution in [0.1, 0.15) is 5.56 Å². The third kappa shape index (κ3) is 3.58. The number of nitrogens with two attached hydrogens (primary N) is 1. The van der Waals surface area contributed by atoms with E-state index in [-0.39, 0.29) is 5.69 Å². The fraction of sp³-hybridized carbons (Fsp3) is 0. The standard InChI is InChI=1S/C15H13FN2O2/c16-13-9-12(6-7-14(13)19)18-15(20)8-3-10-1-4-11(17)5-2-10/h1-9,19H,17H2,(H,18,20)/b8-3+. The molecule has 20 heavy (non-hydrogen) atoms. The van der Waals surface area contributed by atoms with Crippen LogP contribution in [0.3, 0.4) is 0 Å². The van der Waals surface area contributed by atoms with E-state index in [9.17, 15) is 9.18 Å². The predicted octanol–water partition coefficient (Wildman–Crippen LogP) is 2.77. The van der Waals surface area contributed by atoms with Crippen molar-refractivity contribution in [2.24, 2.45) is 0 Å². The fourth-order valence-electron chi connectivity index (χ4n) is 1.55. The molecule has 0 bridgehead atoms. The zero-order valence-corrected chi connectivity index (χ0v) is 10.5. The van der Waals surface area contributed by atoms with E-state index >= 15 is 0 Å². The van der Waals surface area contributed by atoms with Crippen molar-refractivity contribution in [1.29, 1.82) is 0 Å². The van der Waals surface area contributed by atoms with Crippen LogP contribution in [-0.2, 0) is 4.79 Å². The third-order valence-corrected chi connectivity index (χ3v) is 2.58. The number of nitrogen functional groups attached to an aromatic ring is 1. The van der Waals surface area contributed by atoms with Crippen molar-refractivity contribution in [3.63, 3.8) is 0 Å². The van der Waals surface area contributed by atoms with Gasteiger partial charge < -0.3 is 16.2 Å². The van der Waals surface area contributed by atoms with E-state index in [1.807, 2.05) is 0 Å². The van der Waals surface area contributed by atoms with Crippen LogP contribution in [0.25, 0.3) is 6.08 Å². The second kappa shape index (κ2) is 5.88. The minimum absolute atomic E-state index is 0.271. The highest BCUT2D eigenvalue weighted by Crippen LogP contribution is 2.19. The van der Waals surface area contributed by atoms with Gasteiger partial charge in [-0.25, -0.2) is 4.39 Å². The van der Waals surface area contributed by atoms with Crippen molar-refractivity contribution in [3.8, 4) is 5.75 Å². The van der Waals surface area contributed by atoms with Gasteiger partial charge in [-0.1, -0.05) is 12.1 Å². The van der Waals surface area contributed by atoms with Crippen molar-refractivity contribution >= 4 is 23.4 Å². The molecule has 5 heteroatoms. The summed E-state index contributed by atoms with van der Waals surface area (Å²) in [5.41, 5.74) is 7.29. The summed E-state index contributed by atoms with van der Waals surface area (Å²) >= 11 is 0. The molecule has 0 aliphatic heterocycles. The Morgan fingerprint density at radius 2 is 1.90 bits per heavy atom. The maximum Gasteiger partial charge on any atom is 0.248 e. The Kier molecular flexibility index (Phi) is 4.00. The molecule has 0 atom stereocenters. The number of carbonyl (C=O) groups is 1. The monoisotopic (exact) mass is 272 g/mol. The highest BCUT2D eigenvalue weighted by Gasteiger charge is 2.03. The van der Waals surface area contributed by atoms with E-state index in [1.54, 1.807) is 30.3 Å². The summed E-state index contributed by atoms with van der Waals surface area (Å²) in [5, 5.41) is 11.5. The molecule has 1 amide bonds. The highest BCUT2D eigenvalue weighted by molar-refractivity contribution is 6.01. The number of phenols is 1. The number of carbonyl (C=O) groups excluding carboxylic acids is 1. The van der Waals surface area contributed by atoms with E-state index in [0.29, 0.717) is 5.69 Å². The average Bonchev–Trinajstić information content (AvgIpc) is 2.42. The predicted molar refractivity (Wildman–Crippen MR) is 76.6 cm³/mol. The first kappa shape index (κ1) is 13.6. The number of rotatable bonds is 3. The summed E-state index contributed by atoms with van der Waals surface area (Å²) in [7, 11) is 0. The van der Waals surface area contributed by atoms with Gasteiger partial charge in [0.05, 0.1) is 0 Å². The topological polar surface area (TPSA) is 75.4 Å². The van der Waals surface area contributed by atoms with Crippen molar-refractivity contribution in [2.75, 3.05) is 11.1 Å². The molecule has 102 valence electrons. The zero-order valence-electron chi connectivity index (χ0n) is 10.5. The Balaban J connectivity index is 2.01. The number of aromatic hydroxyl groups is 1. The second-order valence-corrected chi connectivity index (χ2v) is 4.16. The molecule has 4 N–H and O–H groups in total. The number of amides is 1. The number of nitrogens with one attached hydrogen (secondary N) is 1. The lowest BCUT2D eigenvalue weighted by molar-refractivity contribution is -0.111. The molecule has 0 spiro atoms. The summed E-state index contributed by atoms with van der Waals surface area (Å²) in [5.74, 6) is -1.64. The first-order valence-corrected chi connectivity index (χ1v) is 5.88. The minimum atomic E-state index is -0.787.